The minimum atomic E-state index is -0.431. The van der Waals surface area contributed by atoms with Crippen molar-refractivity contribution in [2.24, 2.45) is 11.3 Å². The van der Waals surface area contributed by atoms with Crippen molar-refractivity contribution in [1.29, 1.82) is 0 Å². The van der Waals surface area contributed by atoms with Gasteiger partial charge in [0.15, 0.2) is 0 Å². The fraction of sp³-hybridized carbons (Fsp3) is 0.500. The zero-order chi connectivity index (χ0) is 24.6. The van der Waals surface area contributed by atoms with Gasteiger partial charge in [-0.05, 0) is 60.3 Å². The third-order valence-electron chi connectivity index (χ3n) is 6.98. The van der Waals surface area contributed by atoms with Crippen molar-refractivity contribution >= 4 is 28.6 Å². The molecule has 1 fully saturated rings. The molecule has 6 nitrogen and oxygen atoms in total. The number of benzene rings is 2. The summed E-state index contributed by atoms with van der Waals surface area (Å²) in [6.45, 7) is 11.4. The Morgan fingerprint density at radius 2 is 1.85 bits per heavy atom. The van der Waals surface area contributed by atoms with Crippen LogP contribution in [0.25, 0.3) is 11.0 Å². The second-order valence-electron chi connectivity index (χ2n) is 10.8. The van der Waals surface area contributed by atoms with Gasteiger partial charge < -0.3 is 19.4 Å². The molecule has 182 valence electrons. The third-order valence-corrected chi connectivity index (χ3v) is 6.98. The Kier molecular flexibility index (Phi) is 6.61. The number of fused-ring (bicyclic) bond motifs is 1. The maximum atomic E-state index is 12.4. The first-order valence-electron chi connectivity index (χ1n) is 12.2. The lowest BCUT2D eigenvalue weighted by Gasteiger charge is -2.40. The van der Waals surface area contributed by atoms with E-state index in [-0.39, 0.29) is 11.5 Å². The van der Waals surface area contributed by atoms with E-state index in [2.05, 4.69) is 68.8 Å². The van der Waals surface area contributed by atoms with Crippen LogP contribution in [0.5, 0.6) is 5.75 Å². The molecule has 2 aromatic carbocycles. The molecule has 0 saturated heterocycles. The molecule has 34 heavy (non-hydrogen) atoms. The highest BCUT2D eigenvalue weighted by atomic mass is 16.5. The minimum Gasteiger partial charge on any atom is -0.496 e. The van der Waals surface area contributed by atoms with Crippen molar-refractivity contribution in [2.45, 2.75) is 65.8 Å². The number of aromatic nitrogens is 2. The highest BCUT2D eigenvalue weighted by Gasteiger charge is 2.35. The monoisotopic (exact) mass is 463 g/mol. The molecule has 1 aliphatic rings. The number of methoxy groups -OCH3 is 2. The topological polar surface area (TPSA) is 65.4 Å². The molecule has 0 radical (unpaired) electrons. The molecule has 0 amide bonds. The van der Waals surface area contributed by atoms with E-state index < -0.39 is 5.97 Å². The normalized spacial score (nSPS) is 19.9. The molecule has 0 unspecified atom stereocenters. The average molecular weight is 464 g/mol. The number of hydrogen-bond acceptors (Lipinski definition) is 5. The van der Waals surface area contributed by atoms with E-state index in [4.69, 9.17) is 14.5 Å². The molecule has 0 aliphatic heterocycles. The molecular weight excluding hydrogens is 426 g/mol. The Morgan fingerprint density at radius 1 is 1.15 bits per heavy atom. The smallest absolute Gasteiger partial charge is 0.341 e. The summed E-state index contributed by atoms with van der Waals surface area (Å²) in [4.78, 5) is 17.3. The summed E-state index contributed by atoms with van der Waals surface area (Å²) >= 11 is 0. The summed E-state index contributed by atoms with van der Waals surface area (Å²) in [5, 5.41) is 3.56. The van der Waals surface area contributed by atoms with Crippen molar-refractivity contribution in [2.75, 3.05) is 19.5 Å². The SMILES string of the molecule is COC(=O)c1cc2nc(Nc3ccc(C(C)C)cc3)n([C@H]3C[C@H](C)CC(C)(C)C3)c2cc1OC. The van der Waals surface area contributed by atoms with Crippen LogP contribution < -0.4 is 10.1 Å². The van der Waals surface area contributed by atoms with Gasteiger partial charge in [0.25, 0.3) is 0 Å². The number of rotatable bonds is 6. The van der Waals surface area contributed by atoms with Gasteiger partial charge in [-0.1, -0.05) is 46.8 Å². The first-order chi connectivity index (χ1) is 16.1. The maximum Gasteiger partial charge on any atom is 0.341 e. The summed E-state index contributed by atoms with van der Waals surface area (Å²) in [6.07, 6.45) is 3.35. The van der Waals surface area contributed by atoms with Gasteiger partial charge in [0, 0.05) is 17.8 Å². The lowest BCUT2D eigenvalue weighted by atomic mass is 9.70. The van der Waals surface area contributed by atoms with Crippen LogP contribution in [0.3, 0.4) is 0 Å². The molecule has 1 heterocycles. The van der Waals surface area contributed by atoms with Crippen molar-refractivity contribution in [3.05, 3.63) is 47.5 Å². The average Bonchev–Trinajstić information content (AvgIpc) is 3.13. The largest absolute Gasteiger partial charge is 0.496 e. The van der Waals surface area contributed by atoms with Crippen LogP contribution in [0, 0.1) is 11.3 Å². The van der Waals surface area contributed by atoms with Gasteiger partial charge in [0.1, 0.15) is 11.3 Å². The fourth-order valence-corrected chi connectivity index (χ4v) is 5.59. The van der Waals surface area contributed by atoms with Gasteiger partial charge in [0.05, 0.1) is 25.3 Å². The number of carbonyl (C=O) groups is 1. The zero-order valence-electron chi connectivity index (χ0n) is 21.4. The van der Waals surface area contributed by atoms with E-state index in [1.54, 1.807) is 13.2 Å². The lowest BCUT2D eigenvalue weighted by molar-refractivity contribution is 0.0597. The summed E-state index contributed by atoms with van der Waals surface area (Å²) in [5.41, 5.74) is 4.62. The predicted molar refractivity (Wildman–Crippen MR) is 137 cm³/mol. The molecule has 6 heteroatoms. The van der Waals surface area contributed by atoms with E-state index in [9.17, 15) is 4.79 Å². The number of hydrogen-bond donors (Lipinski definition) is 1. The molecule has 1 aromatic heterocycles. The second-order valence-corrected chi connectivity index (χ2v) is 10.8. The van der Waals surface area contributed by atoms with Gasteiger partial charge >= 0.3 is 5.97 Å². The van der Waals surface area contributed by atoms with Crippen LogP contribution in [0.15, 0.2) is 36.4 Å². The molecule has 0 bridgehead atoms. The van der Waals surface area contributed by atoms with Crippen LogP contribution in [-0.4, -0.2) is 29.7 Å². The molecule has 1 saturated carbocycles. The molecule has 2 atom stereocenters. The number of imidazole rings is 1. The van der Waals surface area contributed by atoms with Gasteiger partial charge in [-0.2, -0.15) is 0 Å². The van der Waals surface area contributed by atoms with Crippen LogP contribution >= 0.6 is 0 Å². The molecule has 0 spiro atoms. The number of esters is 1. The van der Waals surface area contributed by atoms with Crippen molar-refractivity contribution in [3.8, 4) is 5.75 Å². The third kappa shape index (κ3) is 4.77. The van der Waals surface area contributed by atoms with E-state index in [1.165, 1.54) is 19.1 Å². The Labute approximate surface area is 202 Å². The van der Waals surface area contributed by atoms with Crippen LogP contribution in [0.2, 0.25) is 0 Å². The summed E-state index contributed by atoms with van der Waals surface area (Å²) < 4.78 is 12.9. The summed E-state index contributed by atoms with van der Waals surface area (Å²) in [6, 6.07) is 12.5. The maximum absolute atomic E-state index is 12.4. The van der Waals surface area contributed by atoms with Gasteiger partial charge in [-0.25, -0.2) is 9.78 Å². The Hall–Kier alpha value is -3.02. The van der Waals surface area contributed by atoms with Crippen molar-refractivity contribution in [3.63, 3.8) is 0 Å². The van der Waals surface area contributed by atoms with Gasteiger partial charge in [0.2, 0.25) is 5.95 Å². The molecule has 1 N–H and O–H groups in total. The zero-order valence-corrected chi connectivity index (χ0v) is 21.4. The number of nitrogens with zero attached hydrogens (tertiary/aromatic N) is 2. The van der Waals surface area contributed by atoms with E-state index in [0.29, 0.717) is 23.1 Å². The first-order valence-corrected chi connectivity index (χ1v) is 12.2. The Balaban J connectivity index is 1.85. The number of anilines is 2. The van der Waals surface area contributed by atoms with Gasteiger partial charge in [-0.3, -0.25) is 0 Å². The number of ether oxygens (including phenoxy) is 2. The number of nitrogens with one attached hydrogen (secondary N) is 1. The Morgan fingerprint density at radius 3 is 2.44 bits per heavy atom. The molecular formula is C28H37N3O3. The molecule has 1 aliphatic carbocycles. The Bertz CT molecular complexity index is 1180. The summed E-state index contributed by atoms with van der Waals surface area (Å²) in [5.74, 6) is 1.94. The van der Waals surface area contributed by atoms with Crippen LogP contribution in [0.4, 0.5) is 11.6 Å². The highest BCUT2D eigenvalue weighted by molar-refractivity contribution is 5.97. The molecule has 3 aromatic rings. The number of carbonyl (C=O) groups excluding carboxylic acids is 1. The van der Waals surface area contributed by atoms with E-state index >= 15 is 0 Å². The fourth-order valence-electron chi connectivity index (χ4n) is 5.59. The van der Waals surface area contributed by atoms with E-state index in [0.717, 1.165) is 35.5 Å². The lowest BCUT2D eigenvalue weighted by Crippen LogP contribution is -2.29. The van der Waals surface area contributed by atoms with Crippen LogP contribution in [0.1, 0.15) is 81.8 Å². The minimum absolute atomic E-state index is 0.241. The van der Waals surface area contributed by atoms with Crippen molar-refractivity contribution < 1.29 is 14.3 Å². The van der Waals surface area contributed by atoms with Crippen molar-refractivity contribution in [1.82, 2.24) is 9.55 Å². The summed E-state index contributed by atoms with van der Waals surface area (Å²) in [7, 11) is 2.96. The predicted octanol–water partition coefficient (Wildman–Crippen LogP) is 7.09. The van der Waals surface area contributed by atoms with Gasteiger partial charge in [-0.15, -0.1) is 0 Å². The standard InChI is InChI=1S/C28H37N3O3/c1-17(2)19-8-10-20(11-9-19)29-27-30-23-13-22(26(32)34-7)25(33-6)14-24(23)31(27)21-12-18(3)15-28(4,5)16-21/h8-11,13-14,17-18,21H,12,15-16H2,1-7H3,(H,29,30)/t18-,21-/m0/s1. The second kappa shape index (κ2) is 9.32. The first kappa shape index (κ1) is 24.1. The van der Waals surface area contributed by atoms with E-state index in [1.807, 2.05) is 6.07 Å². The quantitative estimate of drug-likeness (QED) is 0.396. The highest BCUT2D eigenvalue weighted by Crippen LogP contribution is 2.46. The molecule has 4 rings (SSSR count). The van der Waals surface area contributed by atoms with Crippen LogP contribution in [-0.2, 0) is 4.74 Å².